The smallest absolute Gasteiger partial charge is 0.243 e. The van der Waals surface area contributed by atoms with Crippen LogP contribution in [0.5, 0.6) is 0 Å². The number of pyridine rings is 2. The van der Waals surface area contributed by atoms with Gasteiger partial charge in [-0.3, -0.25) is 4.98 Å². The first-order valence-electron chi connectivity index (χ1n) is 8.33. The van der Waals surface area contributed by atoms with Gasteiger partial charge in [-0.05, 0) is 36.8 Å². The van der Waals surface area contributed by atoms with E-state index >= 15 is 0 Å². The molecule has 0 amide bonds. The molecule has 0 fully saturated rings. The summed E-state index contributed by atoms with van der Waals surface area (Å²) < 4.78 is 30.1. The van der Waals surface area contributed by atoms with Crippen molar-refractivity contribution < 1.29 is 8.42 Å². The van der Waals surface area contributed by atoms with Gasteiger partial charge >= 0.3 is 0 Å². The molecule has 0 saturated heterocycles. The lowest BCUT2D eigenvalue weighted by Gasteiger charge is -2.11. The normalized spacial score (nSPS) is 11.7. The third-order valence-corrected chi connectivity index (χ3v) is 5.57. The highest BCUT2D eigenvalue weighted by atomic mass is 32.2. The lowest BCUT2D eigenvalue weighted by Crippen LogP contribution is -2.24. The number of hydrogen-bond acceptors (Lipinski definition) is 5. The zero-order chi connectivity index (χ0) is 18.9. The maximum Gasteiger partial charge on any atom is 0.243 e. The van der Waals surface area contributed by atoms with E-state index in [9.17, 15) is 8.42 Å². The Hall–Kier alpha value is -3.10. The van der Waals surface area contributed by atoms with Gasteiger partial charge in [-0.1, -0.05) is 18.2 Å². The molecule has 0 aliphatic rings. The van der Waals surface area contributed by atoms with Crippen LogP contribution in [0.3, 0.4) is 0 Å². The first kappa shape index (κ1) is 17.3. The second-order valence-electron chi connectivity index (χ2n) is 6.10. The van der Waals surface area contributed by atoms with E-state index in [1.807, 2.05) is 25.1 Å². The monoisotopic (exact) mass is 379 g/mol. The Labute approximate surface area is 156 Å². The van der Waals surface area contributed by atoms with Crippen LogP contribution in [0.2, 0.25) is 0 Å². The van der Waals surface area contributed by atoms with Crippen molar-refractivity contribution in [2.75, 3.05) is 0 Å². The Balaban J connectivity index is 1.66. The molecule has 27 heavy (non-hydrogen) atoms. The maximum atomic E-state index is 12.9. The van der Waals surface area contributed by atoms with Crippen molar-refractivity contribution in [1.29, 1.82) is 0 Å². The van der Waals surface area contributed by atoms with Gasteiger partial charge in [0.25, 0.3) is 0 Å². The number of aromatic nitrogens is 4. The lowest BCUT2D eigenvalue weighted by molar-refractivity contribution is 0.581. The molecule has 0 aliphatic carbocycles. The first-order chi connectivity index (χ1) is 13.0. The van der Waals surface area contributed by atoms with E-state index in [1.54, 1.807) is 53.7 Å². The molecular weight excluding hydrogens is 362 g/mol. The summed E-state index contributed by atoms with van der Waals surface area (Å²) >= 11 is 0. The molecule has 0 unspecified atom stereocenters. The summed E-state index contributed by atoms with van der Waals surface area (Å²) in [4.78, 5) is 8.78. The SMILES string of the molecule is Cc1cnc2c(S(=O)(=O)NCc3cccnc3-n3cccn3)cccc2c1. The van der Waals surface area contributed by atoms with Crippen LogP contribution in [-0.4, -0.2) is 28.2 Å². The minimum absolute atomic E-state index is 0.0909. The number of sulfonamides is 1. The van der Waals surface area contributed by atoms with Crippen molar-refractivity contribution in [3.05, 3.63) is 78.4 Å². The lowest BCUT2D eigenvalue weighted by atomic mass is 10.2. The standard InChI is InChI=1S/C19H17N5O2S/c1-14-11-15-5-2-7-17(18(15)21-12-14)27(25,26)23-13-16-6-3-8-20-19(16)24-10-4-9-22-24/h2-12,23H,13H2,1H3. The van der Waals surface area contributed by atoms with Crippen molar-refractivity contribution in [1.82, 2.24) is 24.5 Å². The van der Waals surface area contributed by atoms with E-state index in [1.165, 1.54) is 0 Å². The van der Waals surface area contributed by atoms with E-state index in [4.69, 9.17) is 0 Å². The van der Waals surface area contributed by atoms with E-state index in [0.29, 0.717) is 16.9 Å². The van der Waals surface area contributed by atoms with Crippen LogP contribution in [-0.2, 0) is 16.6 Å². The number of rotatable bonds is 5. The summed E-state index contributed by atoms with van der Waals surface area (Å²) in [7, 11) is -3.75. The number of benzene rings is 1. The molecular formula is C19H17N5O2S. The summed E-state index contributed by atoms with van der Waals surface area (Å²) in [6, 6.07) is 12.4. The predicted octanol–water partition coefficient (Wildman–Crippen LogP) is 2.60. The van der Waals surface area contributed by atoms with Crippen LogP contribution in [0.25, 0.3) is 16.7 Å². The second kappa shape index (κ2) is 6.90. The fraction of sp³-hybridized carbons (Fsp3) is 0.105. The van der Waals surface area contributed by atoms with Crippen LogP contribution in [0.4, 0.5) is 0 Å². The van der Waals surface area contributed by atoms with Gasteiger partial charge < -0.3 is 0 Å². The quantitative estimate of drug-likeness (QED) is 0.576. The van der Waals surface area contributed by atoms with Crippen molar-refractivity contribution >= 4 is 20.9 Å². The van der Waals surface area contributed by atoms with Crippen LogP contribution in [0.15, 0.2) is 72.1 Å². The molecule has 4 rings (SSSR count). The summed E-state index contributed by atoms with van der Waals surface area (Å²) in [6.07, 6.45) is 6.72. The highest BCUT2D eigenvalue weighted by Crippen LogP contribution is 2.22. The average molecular weight is 379 g/mol. The number of nitrogens with one attached hydrogen (secondary N) is 1. The van der Waals surface area contributed by atoms with E-state index in [2.05, 4.69) is 19.8 Å². The van der Waals surface area contributed by atoms with Crippen molar-refractivity contribution in [3.8, 4) is 5.82 Å². The molecule has 3 aromatic heterocycles. The van der Waals surface area contributed by atoms with Gasteiger partial charge in [0.1, 0.15) is 4.90 Å². The Morgan fingerprint density at radius 2 is 1.96 bits per heavy atom. The Kier molecular flexibility index (Phi) is 4.43. The molecule has 1 N–H and O–H groups in total. The van der Waals surface area contributed by atoms with Gasteiger partial charge in [-0.15, -0.1) is 0 Å². The summed E-state index contributed by atoms with van der Waals surface area (Å²) in [5, 5.41) is 4.95. The topological polar surface area (TPSA) is 89.8 Å². The van der Waals surface area contributed by atoms with E-state index < -0.39 is 10.0 Å². The molecule has 0 aliphatic heterocycles. The van der Waals surface area contributed by atoms with E-state index in [0.717, 1.165) is 10.9 Å². The molecule has 8 heteroatoms. The first-order valence-corrected chi connectivity index (χ1v) is 9.82. The largest absolute Gasteiger partial charge is 0.255 e. The van der Waals surface area contributed by atoms with Gasteiger partial charge in [-0.25, -0.2) is 22.8 Å². The number of aryl methyl sites for hydroxylation is 1. The molecule has 0 saturated carbocycles. The minimum atomic E-state index is -3.75. The van der Waals surface area contributed by atoms with Gasteiger partial charge in [0.05, 0.1) is 5.52 Å². The van der Waals surface area contributed by atoms with Crippen molar-refractivity contribution in [3.63, 3.8) is 0 Å². The van der Waals surface area contributed by atoms with Gasteiger partial charge in [0.15, 0.2) is 5.82 Å². The fourth-order valence-corrected chi connectivity index (χ4v) is 4.06. The molecule has 3 heterocycles. The zero-order valence-corrected chi connectivity index (χ0v) is 15.4. The highest BCUT2D eigenvalue weighted by molar-refractivity contribution is 7.89. The Bertz CT molecular complexity index is 1200. The van der Waals surface area contributed by atoms with Gasteiger partial charge in [-0.2, -0.15) is 5.10 Å². The van der Waals surface area contributed by atoms with Gasteiger partial charge in [0.2, 0.25) is 10.0 Å². The predicted molar refractivity (Wildman–Crippen MR) is 102 cm³/mol. The molecule has 0 atom stereocenters. The summed E-state index contributed by atoms with van der Waals surface area (Å²) in [6.45, 7) is 2.01. The number of para-hydroxylation sites is 1. The van der Waals surface area contributed by atoms with Crippen LogP contribution < -0.4 is 4.72 Å². The second-order valence-corrected chi connectivity index (χ2v) is 7.84. The van der Waals surface area contributed by atoms with Crippen molar-refractivity contribution in [2.45, 2.75) is 18.4 Å². The van der Waals surface area contributed by atoms with Gasteiger partial charge in [0, 0.05) is 42.3 Å². The number of nitrogens with zero attached hydrogens (tertiary/aromatic N) is 4. The van der Waals surface area contributed by atoms with Crippen LogP contribution in [0, 0.1) is 6.92 Å². The molecule has 7 nitrogen and oxygen atoms in total. The number of fused-ring (bicyclic) bond motifs is 1. The maximum absolute atomic E-state index is 12.9. The summed E-state index contributed by atoms with van der Waals surface area (Å²) in [5.74, 6) is 0.580. The van der Waals surface area contributed by atoms with Crippen molar-refractivity contribution in [2.24, 2.45) is 0 Å². The average Bonchev–Trinajstić information content (AvgIpc) is 3.20. The zero-order valence-electron chi connectivity index (χ0n) is 14.6. The molecule has 136 valence electrons. The Morgan fingerprint density at radius 1 is 1.07 bits per heavy atom. The third kappa shape index (κ3) is 3.44. The summed E-state index contributed by atoms with van der Waals surface area (Å²) in [5.41, 5.74) is 2.15. The minimum Gasteiger partial charge on any atom is -0.255 e. The van der Waals surface area contributed by atoms with E-state index in [-0.39, 0.29) is 11.4 Å². The molecule has 0 bridgehead atoms. The molecule has 0 spiro atoms. The number of hydrogen-bond donors (Lipinski definition) is 1. The van der Waals surface area contributed by atoms with Crippen LogP contribution >= 0.6 is 0 Å². The Morgan fingerprint density at radius 3 is 2.78 bits per heavy atom. The third-order valence-electron chi connectivity index (χ3n) is 4.14. The van der Waals surface area contributed by atoms with Crippen LogP contribution in [0.1, 0.15) is 11.1 Å². The fourth-order valence-electron chi connectivity index (χ4n) is 2.88. The molecule has 1 aromatic carbocycles. The molecule has 0 radical (unpaired) electrons. The molecule has 4 aromatic rings. The highest BCUT2D eigenvalue weighted by Gasteiger charge is 2.19.